The average Bonchev–Trinajstić information content (AvgIpc) is 3.89. The number of hydrogen-bond acceptors (Lipinski definition) is 6. The van der Waals surface area contributed by atoms with Crippen LogP contribution in [0.25, 0.3) is 112 Å². The third-order valence-electron chi connectivity index (χ3n) is 10.4. The molecule has 0 saturated heterocycles. The zero-order valence-electron chi connectivity index (χ0n) is 29.9. The molecule has 0 saturated carbocycles. The molecule has 6 nitrogen and oxygen atoms in total. The van der Waals surface area contributed by atoms with E-state index < -0.39 is 0 Å². The van der Waals surface area contributed by atoms with E-state index in [1.54, 1.807) is 0 Å². The van der Waals surface area contributed by atoms with E-state index in [-0.39, 0.29) is 0 Å². The van der Waals surface area contributed by atoms with Gasteiger partial charge in [-0.25, -0.2) is 19.9 Å². The van der Waals surface area contributed by atoms with Gasteiger partial charge in [0.2, 0.25) is 5.89 Å². The van der Waals surface area contributed by atoms with Gasteiger partial charge in [-0.15, -0.1) is 0 Å². The number of aromatic nitrogens is 4. The van der Waals surface area contributed by atoms with Crippen molar-refractivity contribution in [2.45, 2.75) is 0 Å². The third kappa shape index (κ3) is 5.51. The van der Waals surface area contributed by atoms with E-state index in [1.807, 2.05) is 97.1 Å². The minimum atomic E-state index is 0.548. The first-order chi connectivity index (χ1) is 27.7. The van der Waals surface area contributed by atoms with Gasteiger partial charge < -0.3 is 8.83 Å². The molecule has 0 spiro atoms. The lowest BCUT2D eigenvalue weighted by molar-refractivity contribution is 0.621. The lowest BCUT2D eigenvalue weighted by Gasteiger charge is -2.08. The maximum Gasteiger partial charge on any atom is 0.227 e. The van der Waals surface area contributed by atoms with Crippen LogP contribution in [0.4, 0.5) is 0 Å². The molecule has 3 aromatic heterocycles. The van der Waals surface area contributed by atoms with Crippen LogP contribution in [0.1, 0.15) is 0 Å². The summed E-state index contributed by atoms with van der Waals surface area (Å²) in [6.45, 7) is 0. The molecule has 0 N–H and O–H groups in total. The van der Waals surface area contributed by atoms with Crippen LogP contribution in [-0.4, -0.2) is 19.9 Å². The summed E-state index contributed by atoms with van der Waals surface area (Å²) in [4.78, 5) is 19.8. The van der Waals surface area contributed by atoms with E-state index in [1.165, 1.54) is 11.1 Å². The number of para-hydroxylation sites is 2. The largest absolute Gasteiger partial charge is 0.455 e. The van der Waals surface area contributed by atoms with Crippen molar-refractivity contribution >= 4 is 43.8 Å². The van der Waals surface area contributed by atoms with Gasteiger partial charge in [0.1, 0.15) is 16.7 Å². The Hall–Kier alpha value is -7.70. The van der Waals surface area contributed by atoms with Crippen LogP contribution in [-0.2, 0) is 0 Å². The molecule has 11 rings (SSSR count). The molecule has 0 aliphatic carbocycles. The van der Waals surface area contributed by atoms with Crippen LogP contribution < -0.4 is 0 Å². The first-order valence-corrected chi connectivity index (χ1v) is 18.5. The Morgan fingerprint density at radius 1 is 0.321 bits per heavy atom. The highest BCUT2D eigenvalue weighted by atomic mass is 16.3. The lowest BCUT2D eigenvalue weighted by atomic mass is 10.00. The minimum Gasteiger partial charge on any atom is -0.455 e. The van der Waals surface area contributed by atoms with Crippen molar-refractivity contribution in [3.8, 4) is 67.9 Å². The smallest absolute Gasteiger partial charge is 0.227 e. The Balaban J connectivity index is 1.00. The quantitative estimate of drug-likeness (QED) is 0.170. The second-order valence-electron chi connectivity index (χ2n) is 13.8. The minimum absolute atomic E-state index is 0.548. The van der Waals surface area contributed by atoms with Gasteiger partial charge in [-0.3, -0.25) is 0 Å². The predicted octanol–water partition coefficient (Wildman–Crippen LogP) is 13.1. The van der Waals surface area contributed by atoms with Crippen LogP contribution in [0.2, 0.25) is 0 Å². The van der Waals surface area contributed by atoms with E-state index >= 15 is 0 Å². The molecule has 0 unspecified atom stereocenters. The number of furan rings is 1. The molecule has 0 aliphatic heterocycles. The molecule has 0 atom stereocenters. The van der Waals surface area contributed by atoms with Crippen LogP contribution in [0.3, 0.4) is 0 Å². The summed E-state index contributed by atoms with van der Waals surface area (Å²) in [7, 11) is 0. The summed E-state index contributed by atoms with van der Waals surface area (Å²) < 4.78 is 13.2. The zero-order valence-corrected chi connectivity index (χ0v) is 29.9. The molecular formula is C50H30N4O2. The van der Waals surface area contributed by atoms with Crippen molar-refractivity contribution in [2.24, 2.45) is 0 Å². The van der Waals surface area contributed by atoms with Gasteiger partial charge in [-0.05, 0) is 69.9 Å². The molecule has 0 bridgehead atoms. The monoisotopic (exact) mass is 718 g/mol. The summed E-state index contributed by atoms with van der Waals surface area (Å²) in [5, 5.41) is 4.25. The Morgan fingerprint density at radius 3 is 1.66 bits per heavy atom. The Labute approximate surface area is 321 Å². The van der Waals surface area contributed by atoms with E-state index in [2.05, 4.69) is 84.9 Å². The molecule has 56 heavy (non-hydrogen) atoms. The van der Waals surface area contributed by atoms with Gasteiger partial charge in [0.05, 0.1) is 5.56 Å². The number of rotatable bonds is 6. The van der Waals surface area contributed by atoms with Crippen molar-refractivity contribution in [3.63, 3.8) is 0 Å². The van der Waals surface area contributed by atoms with Crippen LogP contribution in [0.5, 0.6) is 0 Å². The number of nitrogens with zero attached hydrogens (tertiary/aromatic N) is 4. The molecule has 8 aromatic carbocycles. The van der Waals surface area contributed by atoms with E-state index in [0.29, 0.717) is 23.4 Å². The second-order valence-corrected chi connectivity index (χ2v) is 13.8. The standard InChI is InChI=1S/C50H30N4O2/c1-4-12-31(13-5-1)35-24-22-32-23-25-37(29-38(32)28-35)50-51-43-21-11-18-39(46(43)56-50)36-26-27-44-42(30-36)40-19-10-20-41(45(40)55-44)49-53-47(33-14-6-2-7-15-33)52-48(54-49)34-16-8-3-9-17-34/h1-30H. The molecule has 0 radical (unpaired) electrons. The molecule has 3 heterocycles. The van der Waals surface area contributed by atoms with Crippen molar-refractivity contribution < 1.29 is 8.83 Å². The number of benzene rings is 8. The molecule has 6 heteroatoms. The highest BCUT2D eigenvalue weighted by Crippen LogP contribution is 2.40. The first kappa shape index (κ1) is 31.8. The van der Waals surface area contributed by atoms with Crippen molar-refractivity contribution in [1.82, 2.24) is 19.9 Å². The van der Waals surface area contributed by atoms with Crippen LogP contribution in [0.15, 0.2) is 191 Å². The van der Waals surface area contributed by atoms with Crippen molar-refractivity contribution in [1.29, 1.82) is 0 Å². The number of fused-ring (bicyclic) bond motifs is 5. The molecule has 262 valence electrons. The lowest BCUT2D eigenvalue weighted by Crippen LogP contribution is -2.00. The van der Waals surface area contributed by atoms with Gasteiger partial charge >= 0.3 is 0 Å². The van der Waals surface area contributed by atoms with Gasteiger partial charge in [-0.1, -0.05) is 140 Å². The van der Waals surface area contributed by atoms with Gasteiger partial charge in [-0.2, -0.15) is 0 Å². The van der Waals surface area contributed by atoms with Crippen LogP contribution >= 0.6 is 0 Å². The fourth-order valence-corrected chi connectivity index (χ4v) is 7.56. The number of hydrogen-bond donors (Lipinski definition) is 0. The highest BCUT2D eigenvalue weighted by Gasteiger charge is 2.19. The Kier molecular flexibility index (Phi) is 7.38. The molecule has 0 fully saturated rings. The molecular weight excluding hydrogens is 689 g/mol. The summed E-state index contributed by atoms with van der Waals surface area (Å²) >= 11 is 0. The van der Waals surface area contributed by atoms with E-state index in [0.717, 1.165) is 77.2 Å². The normalized spacial score (nSPS) is 11.6. The average molecular weight is 719 g/mol. The highest BCUT2D eigenvalue weighted by molar-refractivity contribution is 6.11. The van der Waals surface area contributed by atoms with E-state index in [4.69, 9.17) is 28.8 Å². The zero-order chi connectivity index (χ0) is 37.0. The summed E-state index contributed by atoms with van der Waals surface area (Å²) in [6, 6.07) is 61.9. The maximum atomic E-state index is 6.60. The summed E-state index contributed by atoms with van der Waals surface area (Å²) in [5.41, 5.74) is 10.9. The maximum absolute atomic E-state index is 6.60. The van der Waals surface area contributed by atoms with Crippen molar-refractivity contribution in [2.75, 3.05) is 0 Å². The van der Waals surface area contributed by atoms with Gasteiger partial charge in [0.15, 0.2) is 23.1 Å². The second kappa shape index (κ2) is 13.0. The fourth-order valence-electron chi connectivity index (χ4n) is 7.56. The van der Waals surface area contributed by atoms with E-state index in [9.17, 15) is 0 Å². The number of oxazole rings is 1. The Morgan fingerprint density at radius 2 is 0.929 bits per heavy atom. The van der Waals surface area contributed by atoms with Gasteiger partial charge in [0.25, 0.3) is 0 Å². The predicted molar refractivity (Wildman–Crippen MR) is 225 cm³/mol. The van der Waals surface area contributed by atoms with Crippen molar-refractivity contribution in [3.05, 3.63) is 182 Å². The topological polar surface area (TPSA) is 77.8 Å². The molecule has 0 aliphatic rings. The van der Waals surface area contributed by atoms with Crippen LogP contribution in [0, 0.1) is 0 Å². The molecule has 11 aromatic rings. The summed E-state index contributed by atoms with van der Waals surface area (Å²) in [6.07, 6.45) is 0. The van der Waals surface area contributed by atoms with Gasteiger partial charge in [0, 0.05) is 33.0 Å². The third-order valence-corrected chi connectivity index (χ3v) is 10.4. The summed E-state index contributed by atoms with van der Waals surface area (Å²) in [5.74, 6) is 2.34. The molecule has 0 amide bonds. The first-order valence-electron chi connectivity index (χ1n) is 18.5. The SMILES string of the molecule is c1ccc(-c2ccc3ccc(-c4nc5cccc(-c6ccc7oc8c(-c9nc(-c%10ccccc%10)nc(-c%10ccccc%10)n9)cccc8c7c6)c5o4)cc3c2)cc1. The fraction of sp³-hybridized carbons (Fsp3) is 0. The Bertz CT molecular complexity index is 3190.